The van der Waals surface area contributed by atoms with E-state index in [0.717, 1.165) is 30.0 Å². The Kier molecular flexibility index (Phi) is 5.31. The van der Waals surface area contributed by atoms with Crippen molar-refractivity contribution in [2.45, 2.75) is 26.8 Å². The van der Waals surface area contributed by atoms with Crippen molar-refractivity contribution >= 4 is 11.8 Å². The van der Waals surface area contributed by atoms with E-state index in [-0.39, 0.29) is 0 Å². The Hall–Kier alpha value is -2.37. The highest BCUT2D eigenvalue weighted by atomic mass is 16.5. The van der Waals surface area contributed by atoms with Crippen molar-refractivity contribution < 1.29 is 4.74 Å². The summed E-state index contributed by atoms with van der Waals surface area (Å²) in [4.78, 5) is 13.0. The van der Waals surface area contributed by atoms with Crippen LogP contribution in [0.2, 0.25) is 0 Å². The van der Waals surface area contributed by atoms with Crippen molar-refractivity contribution in [2.75, 3.05) is 24.3 Å². The SMILES string of the molecule is CCCNc1nc(C)cc(NCc2ccc(OC)nc2)n1. The van der Waals surface area contributed by atoms with E-state index in [9.17, 15) is 0 Å². The summed E-state index contributed by atoms with van der Waals surface area (Å²) in [5.74, 6) is 2.08. The third-order valence-corrected chi connectivity index (χ3v) is 2.87. The lowest BCUT2D eigenvalue weighted by Crippen LogP contribution is -2.08. The Morgan fingerprint density at radius 2 is 2.05 bits per heavy atom. The molecule has 2 aromatic heterocycles. The first-order valence-corrected chi connectivity index (χ1v) is 7.03. The largest absolute Gasteiger partial charge is 0.481 e. The van der Waals surface area contributed by atoms with Gasteiger partial charge in [0, 0.05) is 37.1 Å². The normalized spacial score (nSPS) is 10.2. The number of nitrogens with one attached hydrogen (secondary N) is 2. The van der Waals surface area contributed by atoms with Gasteiger partial charge in [0.15, 0.2) is 0 Å². The summed E-state index contributed by atoms with van der Waals surface area (Å²) in [6, 6.07) is 5.74. The van der Waals surface area contributed by atoms with Crippen molar-refractivity contribution in [3.8, 4) is 5.88 Å². The van der Waals surface area contributed by atoms with Crippen LogP contribution in [0, 0.1) is 6.92 Å². The zero-order valence-electron chi connectivity index (χ0n) is 12.7. The molecule has 2 aromatic rings. The number of hydrogen-bond acceptors (Lipinski definition) is 6. The van der Waals surface area contributed by atoms with E-state index in [1.165, 1.54) is 0 Å². The van der Waals surface area contributed by atoms with Gasteiger partial charge in [-0.3, -0.25) is 0 Å². The van der Waals surface area contributed by atoms with E-state index in [4.69, 9.17) is 4.74 Å². The van der Waals surface area contributed by atoms with Gasteiger partial charge in [-0.1, -0.05) is 13.0 Å². The van der Waals surface area contributed by atoms with Crippen LogP contribution < -0.4 is 15.4 Å². The maximum atomic E-state index is 5.04. The van der Waals surface area contributed by atoms with Crippen molar-refractivity contribution in [1.29, 1.82) is 0 Å². The molecule has 6 heteroatoms. The first-order chi connectivity index (χ1) is 10.2. The van der Waals surface area contributed by atoms with Crippen molar-refractivity contribution in [1.82, 2.24) is 15.0 Å². The van der Waals surface area contributed by atoms with E-state index in [0.29, 0.717) is 18.4 Å². The molecule has 112 valence electrons. The highest BCUT2D eigenvalue weighted by molar-refractivity contribution is 5.42. The molecule has 0 bridgehead atoms. The van der Waals surface area contributed by atoms with E-state index in [2.05, 4.69) is 32.5 Å². The fourth-order valence-electron chi connectivity index (χ4n) is 1.80. The van der Waals surface area contributed by atoms with Crippen LogP contribution in [0.3, 0.4) is 0 Å². The highest BCUT2D eigenvalue weighted by Crippen LogP contribution is 2.12. The molecule has 0 fully saturated rings. The molecular weight excluding hydrogens is 266 g/mol. The third-order valence-electron chi connectivity index (χ3n) is 2.87. The Balaban J connectivity index is 1.99. The number of hydrogen-bond donors (Lipinski definition) is 2. The molecule has 21 heavy (non-hydrogen) atoms. The number of methoxy groups -OCH3 is 1. The fraction of sp³-hybridized carbons (Fsp3) is 0.400. The number of nitrogens with zero attached hydrogens (tertiary/aromatic N) is 3. The number of anilines is 2. The van der Waals surface area contributed by atoms with Crippen LogP contribution in [0.25, 0.3) is 0 Å². The van der Waals surface area contributed by atoms with Crippen LogP contribution in [-0.4, -0.2) is 28.6 Å². The molecule has 2 rings (SSSR count). The second-order valence-corrected chi connectivity index (χ2v) is 4.71. The third kappa shape index (κ3) is 4.59. The average molecular weight is 287 g/mol. The summed E-state index contributed by atoms with van der Waals surface area (Å²) in [6.07, 6.45) is 2.83. The maximum Gasteiger partial charge on any atom is 0.224 e. The van der Waals surface area contributed by atoms with Crippen LogP contribution >= 0.6 is 0 Å². The minimum Gasteiger partial charge on any atom is -0.481 e. The van der Waals surface area contributed by atoms with Crippen molar-refractivity contribution in [3.63, 3.8) is 0 Å². The molecule has 0 aliphatic carbocycles. The molecular formula is C15H21N5O. The molecule has 0 saturated carbocycles. The van der Waals surface area contributed by atoms with Gasteiger partial charge < -0.3 is 15.4 Å². The Labute approximate surface area is 125 Å². The number of ether oxygens (including phenoxy) is 1. The van der Waals surface area contributed by atoms with Crippen molar-refractivity contribution in [2.24, 2.45) is 0 Å². The zero-order valence-corrected chi connectivity index (χ0v) is 12.7. The minimum atomic E-state index is 0.614. The molecule has 0 aliphatic heterocycles. The molecule has 0 aromatic carbocycles. The van der Waals surface area contributed by atoms with E-state index in [1.54, 1.807) is 13.3 Å². The van der Waals surface area contributed by atoms with Gasteiger partial charge in [-0.25, -0.2) is 9.97 Å². The van der Waals surface area contributed by atoms with E-state index in [1.807, 2.05) is 25.1 Å². The summed E-state index contributed by atoms with van der Waals surface area (Å²) in [6.45, 7) is 5.59. The molecule has 0 unspecified atom stereocenters. The lowest BCUT2D eigenvalue weighted by molar-refractivity contribution is 0.397. The molecule has 2 N–H and O–H groups in total. The lowest BCUT2D eigenvalue weighted by Gasteiger charge is -2.09. The second kappa shape index (κ2) is 7.42. The van der Waals surface area contributed by atoms with E-state index >= 15 is 0 Å². The molecule has 0 amide bonds. The number of aromatic nitrogens is 3. The van der Waals surface area contributed by atoms with Crippen LogP contribution in [0.5, 0.6) is 5.88 Å². The lowest BCUT2D eigenvalue weighted by atomic mass is 10.3. The van der Waals surface area contributed by atoms with Crippen LogP contribution in [-0.2, 0) is 6.54 Å². The Bertz CT molecular complexity index is 571. The molecule has 2 heterocycles. The predicted octanol–water partition coefficient (Wildman–Crippen LogP) is 2.62. The topological polar surface area (TPSA) is 72.0 Å². The number of aryl methyl sites for hydroxylation is 1. The molecule has 6 nitrogen and oxygen atoms in total. The van der Waals surface area contributed by atoms with Gasteiger partial charge in [0.25, 0.3) is 0 Å². The van der Waals surface area contributed by atoms with Gasteiger partial charge in [0.2, 0.25) is 11.8 Å². The predicted molar refractivity (Wildman–Crippen MR) is 83.7 cm³/mol. The first kappa shape index (κ1) is 15.0. The summed E-state index contributed by atoms with van der Waals surface area (Å²) >= 11 is 0. The molecule has 0 spiro atoms. The van der Waals surface area contributed by atoms with Crippen molar-refractivity contribution in [3.05, 3.63) is 35.7 Å². The minimum absolute atomic E-state index is 0.614. The molecule has 0 radical (unpaired) electrons. The van der Waals surface area contributed by atoms with Gasteiger partial charge in [-0.15, -0.1) is 0 Å². The maximum absolute atomic E-state index is 5.04. The average Bonchev–Trinajstić information content (AvgIpc) is 2.51. The zero-order chi connectivity index (χ0) is 15.1. The Morgan fingerprint density at radius 3 is 2.71 bits per heavy atom. The molecule has 0 saturated heterocycles. The first-order valence-electron chi connectivity index (χ1n) is 7.03. The van der Waals surface area contributed by atoms with Crippen LogP contribution in [0.1, 0.15) is 24.6 Å². The number of pyridine rings is 1. The smallest absolute Gasteiger partial charge is 0.224 e. The summed E-state index contributed by atoms with van der Waals surface area (Å²) in [7, 11) is 1.61. The second-order valence-electron chi connectivity index (χ2n) is 4.71. The summed E-state index contributed by atoms with van der Waals surface area (Å²) < 4.78 is 5.04. The monoisotopic (exact) mass is 287 g/mol. The summed E-state index contributed by atoms with van der Waals surface area (Å²) in [5, 5.41) is 6.48. The fourth-order valence-corrected chi connectivity index (χ4v) is 1.80. The molecule has 0 aliphatic rings. The van der Waals surface area contributed by atoms with Crippen LogP contribution in [0.15, 0.2) is 24.4 Å². The Morgan fingerprint density at radius 1 is 1.19 bits per heavy atom. The van der Waals surface area contributed by atoms with Gasteiger partial charge in [0.05, 0.1) is 7.11 Å². The standard InChI is InChI=1S/C15H21N5O/c1-4-7-16-15-19-11(2)8-13(20-15)17-9-12-5-6-14(21-3)18-10-12/h5-6,8,10H,4,7,9H2,1-3H3,(H2,16,17,19,20). The number of rotatable bonds is 7. The van der Waals surface area contributed by atoms with Gasteiger partial charge in [0.1, 0.15) is 5.82 Å². The van der Waals surface area contributed by atoms with Gasteiger partial charge in [-0.05, 0) is 18.9 Å². The highest BCUT2D eigenvalue weighted by Gasteiger charge is 2.02. The van der Waals surface area contributed by atoms with Crippen LogP contribution in [0.4, 0.5) is 11.8 Å². The quantitative estimate of drug-likeness (QED) is 0.815. The van der Waals surface area contributed by atoms with E-state index < -0.39 is 0 Å². The van der Waals surface area contributed by atoms with Gasteiger partial charge in [-0.2, -0.15) is 4.98 Å². The molecule has 0 atom stereocenters. The van der Waals surface area contributed by atoms with Gasteiger partial charge >= 0.3 is 0 Å². The summed E-state index contributed by atoms with van der Waals surface area (Å²) in [5.41, 5.74) is 1.99.